The van der Waals surface area contributed by atoms with E-state index in [2.05, 4.69) is 27.7 Å². The van der Waals surface area contributed by atoms with Crippen LogP contribution in [0.2, 0.25) is 0 Å². The average Bonchev–Trinajstić information content (AvgIpc) is 2.00. The molecule has 1 saturated carbocycles. The molecular weight excluding hydrogens is 156 g/mol. The molecule has 1 rings (SSSR count). The van der Waals surface area contributed by atoms with Crippen LogP contribution in [-0.4, -0.2) is 0 Å². The zero-order valence-electron chi connectivity index (χ0n) is 10.1. The molecule has 0 aromatic carbocycles. The van der Waals surface area contributed by atoms with Crippen LogP contribution in [0.4, 0.5) is 0 Å². The first-order chi connectivity index (χ1) is 6.20. The van der Waals surface area contributed by atoms with Crippen molar-refractivity contribution in [2.24, 2.45) is 11.8 Å². The summed E-state index contributed by atoms with van der Waals surface area (Å²) in [4.78, 5) is 0. The molecule has 0 aliphatic heterocycles. The van der Waals surface area contributed by atoms with Gasteiger partial charge in [0.15, 0.2) is 0 Å². The first-order valence-corrected chi connectivity index (χ1v) is 6.20. The molecule has 0 heteroatoms. The number of rotatable bonds is 4. The maximum atomic E-state index is 2.28. The molecule has 0 amide bonds. The number of hydrogen-bond acceptors (Lipinski definition) is 0. The largest absolute Gasteiger partial charge is 0.0654 e. The lowest BCUT2D eigenvalue weighted by Crippen LogP contribution is -2.08. The molecule has 0 heterocycles. The topological polar surface area (TPSA) is 0 Å². The highest BCUT2D eigenvalue weighted by atomic mass is 14.2. The van der Waals surface area contributed by atoms with Gasteiger partial charge < -0.3 is 0 Å². The molecule has 80 valence electrons. The Hall–Kier alpha value is 0. The predicted octanol–water partition coefficient (Wildman–Crippen LogP) is 5.03. The maximum absolute atomic E-state index is 2.28. The summed E-state index contributed by atoms with van der Waals surface area (Å²) >= 11 is 0. The quantitative estimate of drug-likeness (QED) is 0.575. The van der Waals surface area contributed by atoms with Crippen LogP contribution in [0.25, 0.3) is 0 Å². The highest BCUT2D eigenvalue weighted by molar-refractivity contribution is 4.66. The minimum Gasteiger partial charge on any atom is -0.0654 e. The van der Waals surface area contributed by atoms with Crippen LogP contribution in [0.15, 0.2) is 0 Å². The molecule has 0 saturated heterocycles. The minimum atomic E-state index is 0.903. The third kappa shape index (κ3) is 8.33. The van der Waals surface area contributed by atoms with E-state index in [9.17, 15) is 0 Å². The van der Waals surface area contributed by atoms with Crippen LogP contribution in [0.1, 0.15) is 72.6 Å². The fourth-order valence-corrected chi connectivity index (χ4v) is 1.51. The van der Waals surface area contributed by atoms with E-state index in [0.29, 0.717) is 0 Å². The maximum Gasteiger partial charge on any atom is -0.0417 e. The van der Waals surface area contributed by atoms with Gasteiger partial charge in [-0.25, -0.2) is 0 Å². The predicted molar refractivity (Wildman–Crippen MR) is 62.0 cm³/mol. The van der Waals surface area contributed by atoms with Crippen LogP contribution in [-0.2, 0) is 0 Å². The molecule has 0 bridgehead atoms. The van der Waals surface area contributed by atoms with Crippen molar-refractivity contribution in [3.05, 3.63) is 0 Å². The van der Waals surface area contributed by atoms with Crippen molar-refractivity contribution in [2.75, 3.05) is 0 Å². The lowest BCUT2D eigenvalue weighted by atomic mass is 9.84. The minimum absolute atomic E-state index is 0.903. The van der Waals surface area contributed by atoms with E-state index in [1.54, 1.807) is 0 Å². The Morgan fingerprint density at radius 1 is 1.15 bits per heavy atom. The molecule has 1 aliphatic carbocycles. The summed E-state index contributed by atoms with van der Waals surface area (Å²) < 4.78 is 0. The van der Waals surface area contributed by atoms with Crippen LogP contribution in [0.3, 0.4) is 0 Å². The summed E-state index contributed by atoms with van der Waals surface area (Å²) in [5, 5.41) is 0. The molecule has 1 fully saturated rings. The van der Waals surface area contributed by atoms with E-state index >= 15 is 0 Å². The highest BCUT2D eigenvalue weighted by Gasteiger charge is 2.13. The molecule has 0 N–H and O–H groups in total. The van der Waals surface area contributed by atoms with Gasteiger partial charge in [-0.3, -0.25) is 0 Å². The van der Waals surface area contributed by atoms with Crippen molar-refractivity contribution >= 4 is 0 Å². The second-order valence-corrected chi connectivity index (χ2v) is 4.74. The van der Waals surface area contributed by atoms with E-state index in [1.165, 1.54) is 44.9 Å². The number of hydrogen-bond donors (Lipinski definition) is 0. The molecular formula is C13H28. The zero-order chi connectivity index (χ0) is 10.1. The standard InChI is InChI=1S/C7H16.C6H12/c1-4-5-6-7(2)3;1-2-6-4-3-5-6/h7H,4-6H2,1-3H3;6H,2-5H2,1H3. The first kappa shape index (κ1) is 13.0. The highest BCUT2D eigenvalue weighted by Crippen LogP contribution is 2.28. The Morgan fingerprint density at radius 2 is 1.77 bits per heavy atom. The van der Waals surface area contributed by atoms with Crippen molar-refractivity contribution in [2.45, 2.75) is 72.6 Å². The van der Waals surface area contributed by atoms with Crippen LogP contribution >= 0.6 is 0 Å². The van der Waals surface area contributed by atoms with Crippen molar-refractivity contribution < 1.29 is 0 Å². The van der Waals surface area contributed by atoms with Gasteiger partial charge >= 0.3 is 0 Å². The van der Waals surface area contributed by atoms with Crippen LogP contribution in [0, 0.1) is 11.8 Å². The summed E-state index contributed by atoms with van der Waals surface area (Å²) in [5.41, 5.74) is 0. The van der Waals surface area contributed by atoms with E-state index in [0.717, 1.165) is 11.8 Å². The summed E-state index contributed by atoms with van der Waals surface area (Å²) in [6, 6.07) is 0. The molecule has 1 aliphatic rings. The summed E-state index contributed by atoms with van der Waals surface area (Å²) in [6.07, 6.45) is 10.1. The van der Waals surface area contributed by atoms with Crippen molar-refractivity contribution in [1.82, 2.24) is 0 Å². The van der Waals surface area contributed by atoms with Gasteiger partial charge in [0.1, 0.15) is 0 Å². The van der Waals surface area contributed by atoms with Gasteiger partial charge in [0.25, 0.3) is 0 Å². The van der Waals surface area contributed by atoms with Crippen molar-refractivity contribution in [3.8, 4) is 0 Å². The van der Waals surface area contributed by atoms with Crippen molar-refractivity contribution in [1.29, 1.82) is 0 Å². The third-order valence-corrected chi connectivity index (χ3v) is 2.94. The Balaban J connectivity index is 0.000000223. The van der Waals surface area contributed by atoms with Crippen molar-refractivity contribution in [3.63, 3.8) is 0 Å². The SMILES string of the molecule is CCC1CCC1.CCCCC(C)C. The fraction of sp³-hybridized carbons (Fsp3) is 1.00. The molecule has 0 nitrogen and oxygen atoms in total. The molecule has 13 heavy (non-hydrogen) atoms. The van der Waals surface area contributed by atoms with E-state index < -0.39 is 0 Å². The Labute approximate surface area is 85.1 Å². The smallest absolute Gasteiger partial charge is 0.0417 e. The van der Waals surface area contributed by atoms with Gasteiger partial charge in [-0.05, 0) is 11.8 Å². The second kappa shape index (κ2) is 8.59. The fourth-order valence-electron chi connectivity index (χ4n) is 1.51. The van der Waals surface area contributed by atoms with Gasteiger partial charge in [-0.1, -0.05) is 72.6 Å². The van der Waals surface area contributed by atoms with Crippen LogP contribution in [0.5, 0.6) is 0 Å². The normalized spacial score (nSPS) is 16.4. The van der Waals surface area contributed by atoms with E-state index in [-0.39, 0.29) is 0 Å². The Morgan fingerprint density at radius 3 is 1.85 bits per heavy atom. The van der Waals surface area contributed by atoms with E-state index in [1.807, 2.05) is 0 Å². The monoisotopic (exact) mass is 184 g/mol. The van der Waals surface area contributed by atoms with Gasteiger partial charge in [0, 0.05) is 0 Å². The molecule has 0 aromatic heterocycles. The lowest BCUT2D eigenvalue weighted by Gasteiger charge is -2.22. The van der Waals surface area contributed by atoms with Gasteiger partial charge in [0.05, 0.1) is 0 Å². The first-order valence-electron chi connectivity index (χ1n) is 6.20. The van der Waals surface area contributed by atoms with Gasteiger partial charge in [-0.2, -0.15) is 0 Å². The average molecular weight is 184 g/mol. The molecule has 0 spiro atoms. The van der Waals surface area contributed by atoms with E-state index in [4.69, 9.17) is 0 Å². The summed E-state index contributed by atoms with van der Waals surface area (Å²) in [7, 11) is 0. The lowest BCUT2D eigenvalue weighted by molar-refractivity contribution is 0.307. The second-order valence-electron chi connectivity index (χ2n) is 4.74. The molecule has 0 radical (unpaired) electrons. The number of unbranched alkanes of at least 4 members (excludes halogenated alkanes) is 1. The zero-order valence-corrected chi connectivity index (χ0v) is 10.1. The van der Waals surface area contributed by atoms with Gasteiger partial charge in [0.2, 0.25) is 0 Å². The molecule has 0 unspecified atom stereocenters. The van der Waals surface area contributed by atoms with Crippen LogP contribution < -0.4 is 0 Å². The molecule has 0 aromatic rings. The van der Waals surface area contributed by atoms with Gasteiger partial charge in [-0.15, -0.1) is 0 Å². The molecule has 0 atom stereocenters. The Bertz CT molecular complexity index is 87.5. The summed E-state index contributed by atoms with van der Waals surface area (Å²) in [5.74, 6) is 2.02. The summed E-state index contributed by atoms with van der Waals surface area (Å²) in [6.45, 7) is 9.07. The Kier molecular flexibility index (Phi) is 8.59. The third-order valence-electron chi connectivity index (χ3n) is 2.94.